The molecular formula is C23H18Cl2N6O7. The highest BCUT2D eigenvalue weighted by Gasteiger charge is 2.15. The molecule has 38 heavy (non-hydrogen) atoms. The number of fused-ring (bicyclic) bond motifs is 1. The molecule has 0 bridgehead atoms. The van der Waals surface area contributed by atoms with Gasteiger partial charge >= 0.3 is 5.97 Å². The minimum Gasteiger partial charge on any atom is -0.462 e. The normalized spacial score (nSPS) is 10.1. The first-order valence-electron chi connectivity index (χ1n) is 9.91. The second-order valence-corrected chi connectivity index (χ2v) is 7.52. The molecule has 0 aliphatic carbocycles. The van der Waals surface area contributed by atoms with Crippen LogP contribution in [0.5, 0.6) is 0 Å². The molecule has 1 heterocycles. The van der Waals surface area contributed by atoms with Gasteiger partial charge in [0, 0.05) is 36.7 Å². The summed E-state index contributed by atoms with van der Waals surface area (Å²) in [6, 6.07) is 9.40. The first-order chi connectivity index (χ1) is 17.5. The molecular weight excluding hydrogens is 543 g/mol. The van der Waals surface area contributed by atoms with Crippen molar-refractivity contribution in [1.29, 1.82) is 10.5 Å². The van der Waals surface area contributed by atoms with Crippen molar-refractivity contribution in [3.8, 4) is 12.1 Å². The molecule has 0 amide bonds. The molecule has 2 N–H and O–H groups in total. The number of carbonyl (C=O) groups is 1. The summed E-state index contributed by atoms with van der Waals surface area (Å²) >= 11 is 11.7. The fourth-order valence-electron chi connectivity index (χ4n) is 2.69. The van der Waals surface area contributed by atoms with E-state index in [0.717, 1.165) is 24.4 Å². The zero-order valence-corrected chi connectivity index (χ0v) is 20.2. The number of benzene rings is 2. The summed E-state index contributed by atoms with van der Waals surface area (Å²) in [7, 11) is 0. The van der Waals surface area contributed by atoms with Crippen molar-refractivity contribution >= 4 is 57.1 Å². The Bertz CT molecular complexity index is 1570. The fraction of sp³-hybridized carbons (Fsp3) is 0.130. The highest BCUT2D eigenvalue weighted by molar-refractivity contribution is 6.35. The highest BCUT2D eigenvalue weighted by Crippen LogP contribution is 2.27. The molecule has 0 spiro atoms. The third-order valence-corrected chi connectivity index (χ3v) is 5.02. The van der Waals surface area contributed by atoms with E-state index in [-0.39, 0.29) is 57.5 Å². The van der Waals surface area contributed by atoms with E-state index in [2.05, 4.69) is 15.0 Å². The van der Waals surface area contributed by atoms with Crippen LogP contribution in [0, 0.1) is 42.9 Å². The lowest BCUT2D eigenvalue weighted by atomic mass is 10.1. The van der Waals surface area contributed by atoms with E-state index < -0.39 is 21.2 Å². The smallest absolute Gasteiger partial charge is 0.350 e. The van der Waals surface area contributed by atoms with Gasteiger partial charge in [-0.05, 0) is 13.0 Å². The van der Waals surface area contributed by atoms with Crippen LogP contribution in [0.4, 0.5) is 17.1 Å². The van der Waals surface area contributed by atoms with E-state index in [0.29, 0.717) is 5.69 Å². The van der Waals surface area contributed by atoms with Gasteiger partial charge in [-0.15, -0.1) is 0 Å². The summed E-state index contributed by atoms with van der Waals surface area (Å²) < 4.78 is 4.67. The minimum atomic E-state index is -0.763. The number of nitro benzene ring substituents is 2. The number of rotatable bonds is 6. The summed E-state index contributed by atoms with van der Waals surface area (Å²) in [4.78, 5) is 45.7. The Morgan fingerprint density at radius 1 is 1.13 bits per heavy atom. The standard InChI is InChI=1S/C12H10ClN3O4.C10H4ClN3O3.CH4/c1-2-20-12(17)8(6-14)7-15-11-4-3-9(16(18)19)5-10(11)13;11-8-2-6(14(16)17)1-7-9(8)13-4-5(3-12)10(7)15;/h3-5,7,15H,2H2,1H3;1-2,4H,(H,13,15);1H4/b8-7-;;. The molecule has 3 rings (SSSR count). The van der Waals surface area contributed by atoms with Crippen molar-refractivity contribution in [3.05, 3.63) is 94.4 Å². The number of anilines is 1. The number of hydrogen-bond acceptors (Lipinski definition) is 10. The number of nitrogens with zero attached hydrogens (tertiary/aromatic N) is 4. The number of nitro groups is 2. The third-order valence-electron chi connectivity index (χ3n) is 4.41. The average molecular weight is 561 g/mol. The van der Waals surface area contributed by atoms with Gasteiger partial charge in [-0.25, -0.2) is 4.79 Å². The number of ether oxygens (including phenoxy) is 1. The van der Waals surface area contributed by atoms with Crippen LogP contribution in [0.2, 0.25) is 10.0 Å². The van der Waals surface area contributed by atoms with Gasteiger partial charge in [0.05, 0.1) is 43.1 Å². The van der Waals surface area contributed by atoms with E-state index in [1.807, 2.05) is 0 Å². The summed E-state index contributed by atoms with van der Waals surface area (Å²) in [6.45, 7) is 1.77. The summed E-state index contributed by atoms with van der Waals surface area (Å²) in [5.74, 6) is -0.763. The predicted octanol–water partition coefficient (Wildman–Crippen LogP) is 5.23. The molecule has 13 nitrogen and oxygen atoms in total. The molecule has 0 fully saturated rings. The van der Waals surface area contributed by atoms with Gasteiger partial charge in [0.2, 0.25) is 5.43 Å². The molecule has 3 aromatic rings. The number of carbonyl (C=O) groups excluding carboxylic acids is 1. The maximum Gasteiger partial charge on any atom is 0.350 e. The van der Waals surface area contributed by atoms with E-state index in [1.54, 1.807) is 19.1 Å². The number of non-ortho nitro benzene ring substituents is 2. The van der Waals surface area contributed by atoms with Crippen molar-refractivity contribution in [2.45, 2.75) is 14.4 Å². The van der Waals surface area contributed by atoms with Crippen LogP contribution in [0.3, 0.4) is 0 Å². The van der Waals surface area contributed by atoms with E-state index in [1.165, 1.54) is 18.3 Å². The van der Waals surface area contributed by atoms with Crippen LogP contribution in [0.15, 0.2) is 53.1 Å². The average Bonchev–Trinajstić information content (AvgIpc) is 2.86. The van der Waals surface area contributed by atoms with Gasteiger partial charge in [-0.2, -0.15) is 10.5 Å². The minimum absolute atomic E-state index is 0. The van der Waals surface area contributed by atoms with Gasteiger partial charge in [0.1, 0.15) is 17.7 Å². The van der Waals surface area contributed by atoms with Crippen LogP contribution >= 0.6 is 23.2 Å². The van der Waals surface area contributed by atoms with E-state index >= 15 is 0 Å². The van der Waals surface area contributed by atoms with Gasteiger partial charge in [0.25, 0.3) is 11.4 Å². The molecule has 2 aromatic carbocycles. The van der Waals surface area contributed by atoms with Crippen molar-refractivity contribution in [3.63, 3.8) is 0 Å². The van der Waals surface area contributed by atoms with Gasteiger partial charge < -0.3 is 15.0 Å². The van der Waals surface area contributed by atoms with Crippen molar-refractivity contribution < 1.29 is 19.4 Å². The molecule has 0 aliphatic heterocycles. The van der Waals surface area contributed by atoms with Crippen LogP contribution < -0.4 is 10.7 Å². The Hall–Kier alpha value is -4.98. The molecule has 0 unspecified atom stereocenters. The largest absolute Gasteiger partial charge is 0.462 e. The monoisotopic (exact) mass is 560 g/mol. The molecule has 15 heteroatoms. The fourth-order valence-corrected chi connectivity index (χ4v) is 3.19. The number of nitriles is 2. The number of hydrogen-bond donors (Lipinski definition) is 2. The summed E-state index contributed by atoms with van der Waals surface area (Å²) in [6.07, 6.45) is 2.35. The Kier molecular flexibility index (Phi) is 11.4. The Morgan fingerprint density at radius 3 is 2.29 bits per heavy atom. The second-order valence-electron chi connectivity index (χ2n) is 6.71. The molecule has 0 radical (unpaired) electrons. The quantitative estimate of drug-likeness (QED) is 0.132. The SMILES string of the molecule is C.CCOC(=O)/C(C#N)=C\Nc1ccc([N+](=O)[O-])cc1Cl.N#Cc1c[nH]c2c(Cl)cc([N+](=O)[O-])cc2c1=O. The number of nitrogens with one attached hydrogen (secondary N) is 2. The number of pyridine rings is 1. The molecule has 0 saturated heterocycles. The molecule has 0 aliphatic rings. The van der Waals surface area contributed by atoms with Crippen molar-refractivity contribution in [2.24, 2.45) is 0 Å². The van der Waals surface area contributed by atoms with Crippen LogP contribution in [0.25, 0.3) is 10.9 Å². The Labute approximate surface area is 224 Å². The summed E-state index contributed by atoms with van der Waals surface area (Å²) in [5.41, 5.74) is -0.767. The van der Waals surface area contributed by atoms with Crippen LogP contribution in [0.1, 0.15) is 19.9 Å². The summed E-state index contributed by atoms with van der Waals surface area (Å²) in [5, 5.41) is 41.5. The van der Waals surface area contributed by atoms with Gasteiger partial charge in [0.15, 0.2) is 5.57 Å². The molecule has 1 aromatic heterocycles. The Morgan fingerprint density at radius 2 is 1.76 bits per heavy atom. The maximum atomic E-state index is 11.8. The molecule has 0 atom stereocenters. The predicted molar refractivity (Wildman–Crippen MR) is 140 cm³/mol. The van der Waals surface area contributed by atoms with Gasteiger partial charge in [-0.1, -0.05) is 30.6 Å². The number of H-pyrrole nitrogens is 1. The van der Waals surface area contributed by atoms with E-state index in [4.69, 9.17) is 33.7 Å². The zero-order valence-electron chi connectivity index (χ0n) is 18.7. The number of halogens is 2. The van der Waals surface area contributed by atoms with Crippen molar-refractivity contribution in [1.82, 2.24) is 4.98 Å². The number of aromatic nitrogens is 1. The highest BCUT2D eigenvalue weighted by atomic mass is 35.5. The maximum absolute atomic E-state index is 11.8. The molecule has 196 valence electrons. The van der Waals surface area contributed by atoms with E-state index in [9.17, 15) is 29.8 Å². The second kappa shape index (κ2) is 13.9. The topological polar surface area (TPSA) is 205 Å². The lowest BCUT2D eigenvalue weighted by Gasteiger charge is -2.04. The molecule has 0 saturated carbocycles. The van der Waals surface area contributed by atoms with Crippen molar-refractivity contribution in [2.75, 3.05) is 11.9 Å². The van der Waals surface area contributed by atoms with Crippen LogP contribution in [-0.2, 0) is 9.53 Å². The lowest BCUT2D eigenvalue weighted by molar-refractivity contribution is -0.385. The first kappa shape index (κ1) is 31.1. The van der Waals surface area contributed by atoms with Crippen LogP contribution in [-0.4, -0.2) is 27.4 Å². The third kappa shape index (κ3) is 7.51. The lowest BCUT2D eigenvalue weighted by Crippen LogP contribution is -2.08. The zero-order chi connectivity index (χ0) is 27.7. The van der Waals surface area contributed by atoms with Gasteiger partial charge in [-0.3, -0.25) is 25.0 Å². The first-order valence-corrected chi connectivity index (χ1v) is 10.7. The number of esters is 1. The Balaban J connectivity index is 0.000000374. The number of aromatic amines is 1.